The van der Waals surface area contributed by atoms with Crippen molar-refractivity contribution in [2.75, 3.05) is 13.1 Å². The summed E-state index contributed by atoms with van der Waals surface area (Å²) in [5.41, 5.74) is 7.39. The summed E-state index contributed by atoms with van der Waals surface area (Å²) in [7, 11) is 0. The van der Waals surface area contributed by atoms with Crippen LogP contribution in [0.25, 0.3) is 0 Å². The van der Waals surface area contributed by atoms with Crippen molar-refractivity contribution in [3.8, 4) is 0 Å². The molecule has 2 nitrogen and oxygen atoms in total. The van der Waals surface area contributed by atoms with E-state index >= 15 is 0 Å². The molecule has 1 aliphatic heterocycles. The second-order valence-electron chi connectivity index (χ2n) is 5.46. The topological polar surface area (TPSA) is 29.3 Å². The second kappa shape index (κ2) is 6.18. The Hall–Kier alpha value is -0.380. The van der Waals surface area contributed by atoms with Gasteiger partial charge in [0.1, 0.15) is 0 Å². The Kier molecular flexibility index (Phi) is 4.82. The molecular weight excluding hydrogens is 288 g/mol. The SMILES string of the molecule is CC(N)C1CCN(C(C)c2cccc(Br)c2)CC1. The smallest absolute Gasteiger partial charge is 0.0320 e. The van der Waals surface area contributed by atoms with Crippen LogP contribution in [-0.2, 0) is 0 Å². The van der Waals surface area contributed by atoms with Crippen molar-refractivity contribution < 1.29 is 0 Å². The first-order valence-electron chi connectivity index (χ1n) is 6.83. The van der Waals surface area contributed by atoms with Crippen LogP contribution in [0.1, 0.15) is 38.3 Å². The van der Waals surface area contributed by atoms with E-state index in [9.17, 15) is 0 Å². The summed E-state index contributed by atoms with van der Waals surface area (Å²) in [6, 6.07) is 9.48. The Balaban J connectivity index is 1.97. The first kappa shape index (κ1) is 14.0. The Bertz CT molecular complexity index is 384. The van der Waals surface area contributed by atoms with E-state index < -0.39 is 0 Å². The van der Waals surface area contributed by atoms with E-state index in [0.29, 0.717) is 18.0 Å². The van der Waals surface area contributed by atoms with Gasteiger partial charge in [-0.1, -0.05) is 28.1 Å². The van der Waals surface area contributed by atoms with Gasteiger partial charge in [-0.15, -0.1) is 0 Å². The lowest BCUT2D eigenvalue weighted by atomic mass is 9.90. The number of hydrogen-bond donors (Lipinski definition) is 1. The van der Waals surface area contributed by atoms with E-state index in [-0.39, 0.29) is 0 Å². The number of hydrogen-bond acceptors (Lipinski definition) is 2. The van der Waals surface area contributed by atoms with Crippen molar-refractivity contribution in [2.24, 2.45) is 11.7 Å². The third-order valence-electron chi connectivity index (χ3n) is 4.20. The lowest BCUT2D eigenvalue weighted by molar-refractivity contribution is 0.132. The Morgan fingerprint density at radius 3 is 2.50 bits per heavy atom. The average Bonchev–Trinajstić information content (AvgIpc) is 2.38. The van der Waals surface area contributed by atoms with Crippen LogP contribution >= 0.6 is 15.9 Å². The van der Waals surface area contributed by atoms with E-state index in [1.54, 1.807) is 0 Å². The second-order valence-corrected chi connectivity index (χ2v) is 6.38. The molecule has 0 amide bonds. The van der Waals surface area contributed by atoms with Crippen molar-refractivity contribution in [3.63, 3.8) is 0 Å². The number of benzene rings is 1. The minimum atomic E-state index is 0.341. The standard InChI is InChI=1S/C15H23BrN2/c1-11(17)13-6-8-18(9-7-13)12(2)14-4-3-5-15(16)10-14/h3-5,10-13H,6-9,17H2,1-2H3. The fourth-order valence-electron chi connectivity index (χ4n) is 2.81. The van der Waals surface area contributed by atoms with Gasteiger partial charge in [-0.2, -0.15) is 0 Å². The zero-order valence-electron chi connectivity index (χ0n) is 11.3. The summed E-state index contributed by atoms with van der Waals surface area (Å²) < 4.78 is 1.16. The van der Waals surface area contributed by atoms with Crippen LogP contribution in [0.5, 0.6) is 0 Å². The first-order chi connectivity index (χ1) is 8.58. The fraction of sp³-hybridized carbons (Fsp3) is 0.600. The molecule has 0 spiro atoms. The molecule has 1 fully saturated rings. The predicted molar refractivity (Wildman–Crippen MR) is 80.5 cm³/mol. The molecule has 2 rings (SSSR count). The summed E-state index contributed by atoms with van der Waals surface area (Å²) in [4.78, 5) is 2.57. The highest BCUT2D eigenvalue weighted by Gasteiger charge is 2.25. The highest BCUT2D eigenvalue weighted by atomic mass is 79.9. The minimum Gasteiger partial charge on any atom is -0.328 e. The van der Waals surface area contributed by atoms with Gasteiger partial charge in [0.15, 0.2) is 0 Å². The normalized spacial score (nSPS) is 21.8. The summed E-state index contributed by atoms with van der Waals surface area (Å²) in [6.07, 6.45) is 2.46. The molecule has 100 valence electrons. The number of halogens is 1. The monoisotopic (exact) mass is 310 g/mol. The quantitative estimate of drug-likeness (QED) is 0.924. The van der Waals surface area contributed by atoms with Gasteiger partial charge in [0.2, 0.25) is 0 Å². The molecule has 0 aliphatic carbocycles. The fourth-order valence-corrected chi connectivity index (χ4v) is 3.23. The highest BCUT2D eigenvalue weighted by Crippen LogP contribution is 2.28. The van der Waals surface area contributed by atoms with Gasteiger partial charge >= 0.3 is 0 Å². The van der Waals surface area contributed by atoms with E-state index in [2.05, 4.69) is 58.9 Å². The molecule has 1 aromatic rings. The number of likely N-dealkylation sites (tertiary alicyclic amines) is 1. The van der Waals surface area contributed by atoms with Crippen molar-refractivity contribution in [1.29, 1.82) is 0 Å². The zero-order valence-corrected chi connectivity index (χ0v) is 12.9. The molecule has 2 atom stereocenters. The molecule has 1 aliphatic rings. The molecule has 0 aromatic heterocycles. The molecule has 2 unspecified atom stereocenters. The van der Waals surface area contributed by atoms with Crippen LogP contribution in [0.2, 0.25) is 0 Å². The average molecular weight is 311 g/mol. The molecule has 1 aromatic carbocycles. The van der Waals surface area contributed by atoms with Crippen LogP contribution in [0.4, 0.5) is 0 Å². The molecular formula is C15H23BrN2. The molecule has 1 saturated heterocycles. The summed E-state index contributed by atoms with van der Waals surface area (Å²) in [5, 5.41) is 0. The maximum Gasteiger partial charge on any atom is 0.0320 e. The van der Waals surface area contributed by atoms with Gasteiger partial charge in [-0.25, -0.2) is 0 Å². The zero-order chi connectivity index (χ0) is 13.1. The summed E-state index contributed by atoms with van der Waals surface area (Å²) in [6.45, 7) is 6.77. The predicted octanol–water partition coefficient (Wildman–Crippen LogP) is 3.57. The molecule has 18 heavy (non-hydrogen) atoms. The van der Waals surface area contributed by atoms with E-state index in [1.165, 1.54) is 31.5 Å². The van der Waals surface area contributed by atoms with E-state index in [1.807, 2.05) is 0 Å². The maximum atomic E-state index is 5.99. The maximum absolute atomic E-state index is 5.99. The van der Waals surface area contributed by atoms with Gasteiger partial charge in [0, 0.05) is 16.6 Å². The van der Waals surface area contributed by atoms with Gasteiger partial charge in [-0.05, 0) is 63.4 Å². The third-order valence-corrected chi connectivity index (χ3v) is 4.69. The van der Waals surface area contributed by atoms with Crippen molar-refractivity contribution in [1.82, 2.24) is 4.90 Å². The van der Waals surface area contributed by atoms with Crippen LogP contribution < -0.4 is 5.73 Å². The van der Waals surface area contributed by atoms with Gasteiger partial charge in [-0.3, -0.25) is 4.90 Å². The van der Waals surface area contributed by atoms with Crippen LogP contribution in [0.15, 0.2) is 28.7 Å². The number of rotatable bonds is 3. The van der Waals surface area contributed by atoms with Gasteiger partial charge in [0.25, 0.3) is 0 Å². The Morgan fingerprint density at radius 1 is 1.28 bits per heavy atom. The summed E-state index contributed by atoms with van der Waals surface area (Å²) >= 11 is 3.55. The molecule has 1 heterocycles. The number of nitrogens with zero attached hydrogens (tertiary/aromatic N) is 1. The molecule has 2 N–H and O–H groups in total. The number of nitrogens with two attached hydrogens (primary N) is 1. The lowest BCUT2D eigenvalue weighted by Gasteiger charge is -2.37. The van der Waals surface area contributed by atoms with Crippen LogP contribution in [0, 0.1) is 5.92 Å². The highest BCUT2D eigenvalue weighted by molar-refractivity contribution is 9.10. The van der Waals surface area contributed by atoms with E-state index in [0.717, 1.165) is 4.47 Å². The van der Waals surface area contributed by atoms with Crippen molar-refractivity contribution in [3.05, 3.63) is 34.3 Å². The van der Waals surface area contributed by atoms with Gasteiger partial charge in [0.05, 0.1) is 0 Å². The molecule has 3 heteroatoms. The lowest BCUT2D eigenvalue weighted by Crippen LogP contribution is -2.40. The van der Waals surface area contributed by atoms with Gasteiger partial charge < -0.3 is 5.73 Å². The number of piperidine rings is 1. The largest absolute Gasteiger partial charge is 0.328 e. The first-order valence-corrected chi connectivity index (χ1v) is 7.62. The van der Waals surface area contributed by atoms with Crippen LogP contribution in [0.3, 0.4) is 0 Å². The molecule has 0 bridgehead atoms. The van der Waals surface area contributed by atoms with E-state index in [4.69, 9.17) is 5.73 Å². The van der Waals surface area contributed by atoms with Crippen LogP contribution in [-0.4, -0.2) is 24.0 Å². The third kappa shape index (κ3) is 3.34. The summed E-state index contributed by atoms with van der Waals surface area (Å²) in [5.74, 6) is 0.705. The Labute approximate surface area is 119 Å². The Morgan fingerprint density at radius 2 is 1.94 bits per heavy atom. The minimum absolute atomic E-state index is 0.341. The van der Waals surface area contributed by atoms with Crippen molar-refractivity contribution >= 4 is 15.9 Å². The molecule has 0 radical (unpaired) electrons. The van der Waals surface area contributed by atoms with Crippen molar-refractivity contribution in [2.45, 2.75) is 38.8 Å². The molecule has 0 saturated carbocycles.